The first-order valence-corrected chi connectivity index (χ1v) is 12.1. The average molecular weight is 459 g/mol. The van der Waals surface area contributed by atoms with E-state index in [0.29, 0.717) is 26.2 Å². The number of nitrogens with zero attached hydrogens (tertiary/aromatic N) is 4. The molecule has 0 amide bonds. The standard InChI is InChI=1S/C24H50N4O4/c1-23(2,21-27(11-15-29)12-16-30)19-25-9-7-5-6-8-10-26-20-24(3,4)22-28(13-17-31)14-18-32/h19-20,29-32H,5-18,21-22H2,1-4H3. The van der Waals surface area contributed by atoms with Gasteiger partial charge < -0.3 is 20.4 Å². The van der Waals surface area contributed by atoms with Gasteiger partial charge in [-0.1, -0.05) is 40.5 Å². The van der Waals surface area contributed by atoms with E-state index in [1.807, 2.05) is 12.4 Å². The van der Waals surface area contributed by atoms with E-state index in [4.69, 9.17) is 20.4 Å². The summed E-state index contributed by atoms with van der Waals surface area (Å²) < 4.78 is 0. The van der Waals surface area contributed by atoms with E-state index in [0.717, 1.165) is 51.9 Å². The van der Waals surface area contributed by atoms with Gasteiger partial charge >= 0.3 is 0 Å². The number of rotatable bonds is 21. The third kappa shape index (κ3) is 17.6. The number of aliphatic hydroxyl groups excluding tert-OH is 4. The molecule has 0 spiro atoms. The minimum Gasteiger partial charge on any atom is -0.395 e. The lowest BCUT2D eigenvalue weighted by Gasteiger charge is -2.29. The predicted molar refractivity (Wildman–Crippen MR) is 134 cm³/mol. The topological polar surface area (TPSA) is 112 Å². The van der Waals surface area contributed by atoms with E-state index >= 15 is 0 Å². The Morgan fingerprint density at radius 1 is 0.562 bits per heavy atom. The van der Waals surface area contributed by atoms with E-state index in [9.17, 15) is 0 Å². The van der Waals surface area contributed by atoms with Gasteiger partial charge in [-0.3, -0.25) is 19.8 Å². The van der Waals surface area contributed by atoms with Crippen LogP contribution in [0, 0.1) is 10.8 Å². The highest BCUT2D eigenvalue weighted by atomic mass is 16.3. The second-order valence-corrected chi connectivity index (χ2v) is 9.91. The molecule has 0 aromatic heterocycles. The fourth-order valence-electron chi connectivity index (χ4n) is 3.72. The van der Waals surface area contributed by atoms with Crippen LogP contribution in [0.15, 0.2) is 9.98 Å². The van der Waals surface area contributed by atoms with Gasteiger partial charge in [0.1, 0.15) is 0 Å². The molecule has 32 heavy (non-hydrogen) atoms. The van der Waals surface area contributed by atoms with Gasteiger partial charge in [-0.15, -0.1) is 0 Å². The van der Waals surface area contributed by atoms with Crippen LogP contribution in [0.1, 0.15) is 53.4 Å². The molecule has 0 radical (unpaired) electrons. The van der Waals surface area contributed by atoms with Crippen LogP contribution in [0.3, 0.4) is 0 Å². The molecule has 0 aromatic rings. The molecule has 4 N–H and O–H groups in total. The highest BCUT2D eigenvalue weighted by molar-refractivity contribution is 5.65. The molecule has 0 fully saturated rings. The van der Waals surface area contributed by atoms with E-state index in [2.05, 4.69) is 47.5 Å². The predicted octanol–water partition coefficient (Wildman–Crippen LogP) is 1.31. The van der Waals surface area contributed by atoms with Crippen molar-refractivity contribution < 1.29 is 20.4 Å². The van der Waals surface area contributed by atoms with Crippen molar-refractivity contribution in [2.75, 3.05) is 78.8 Å². The van der Waals surface area contributed by atoms with Crippen molar-refractivity contribution in [2.45, 2.75) is 53.4 Å². The van der Waals surface area contributed by atoms with E-state index < -0.39 is 0 Å². The van der Waals surface area contributed by atoms with Crippen LogP contribution in [0.5, 0.6) is 0 Å². The lowest BCUT2D eigenvalue weighted by atomic mass is 9.94. The highest BCUT2D eigenvalue weighted by Gasteiger charge is 2.20. The number of hydrogen-bond acceptors (Lipinski definition) is 8. The molecule has 0 atom stereocenters. The first kappa shape index (κ1) is 31.1. The quantitative estimate of drug-likeness (QED) is 0.152. The zero-order chi connectivity index (χ0) is 24.3. The van der Waals surface area contributed by atoms with E-state index in [-0.39, 0.29) is 37.3 Å². The highest BCUT2D eigenvalue weighted by Crippen LogP contribution is 2.15. The summed E-state index contributed by atoms with van der Waals surface area (Å²) in [6.07, 6.45) is 8.43. The third-order valence-electron chi connectivity index (χ3n) is 5.13. The monoisotopic (exact) mass is 458 g/mol. The summed E-state index contributed by atoms with van der Waals surface area (Å²) in [5.74, 6) is 0. The van der Waals surface area contributed by atoms with E-state index in [1.54, 1.807) is 0 Å². The smallest absolute Gasteiger partial charge is 0.0558 e. The van der Waals surface area contributed by atoms with Crippen LogP contribution in [0.2, 0.25) is 0 Å². The Hall–Kier alpha value is -0.900. The van der Waals surface area contributed by atoms with Gasteiger partial charge in [0, 0.05) is 75.6 Å². The minimum atomic E-state index is -0.0875. The Labute approximate surface area is 196 Å². The second kappa shape index (κ2) is 18.5. The van der Waals surface area contributed by atoms with Crippen molar-refractivity contribution in [2.24, 2.45) is 20.8 Å². The van der Waals surface area contributed by atoms with Crippen molar-refractivity contribution in [3.05, 3.63) is 0 Å². The molecular weight excluding hydrogens is 408 g/mol. The summed E-state index contributed by atoms with van der Waals surface area (Å²) in [6.45, 7) is 14.4. The van der Waals surface area contributed by atoms with Crippen LogP contribution >= 0.6 is 0 Å². The lowest BCUT2D eigenvalue weighted by molar-refractivity contribution is 0.140. The normalized spacial score (nSPS) is 13.4. The minimum absolute atomic E-state index is 0.0875. The molecule has 8 heteroatoms. The van der Waals surface area contributed by atoms with Crippen molar-refractivity contribution in [1.82, 2.24) is 9.80 Å². The molecule has 0 aromatic carbocycles. The Morgan fingerprint density at radius 3 is 1.16 bits per heavy atom. The molecule has 0 aliphatic heterocycles. The fourth-order valence-corrected chi connectivity index (χ4v) is 3.72. The molecule has 0 unspecified atom stereocenters. The summed E-state index contributed by atoms with van der Waals surface area (Å²) in [4.78, 5) is 13.3. The van der Waals surface area contributed by atoms with Gasteiger partial charge in [-0.25, -0.2) is 0 Å². The van der Waals surface area contributed by atoms with Crippen LogP contribution in [-0.2, 0) is 0 Å². The van der Waals surface area contributed by atoms with Crippen molar-refractivity contribution in [3.63, 3.8) is 0 Å². The number of aliphatic imine (C=N–C) groups is 2. The zero-order valence-corrected chi connectivity index (χ0v) is 21.0. The molecule has 0 heterocycles. The summed E-state index contributed by atoms with van der Waals surface area (Å²) in [7, 11) is 0. The van der Waals surface area contributed by atoms with Crippen molar-refractivity contribution in [1.29, 1.82) is 0 Å². The Balaban J connectivity index is 4.04. The molecule has 0 bridgehead atoms. The van der Waals surface area contributed by atoms with E-state index in [1.165, 1.54) is 0 Å². The van der Waals surface area contributed by atoms with Gasteiger partial charge in [0.05, 0.1) is 26.4 Å². The van der Waals surface area contributed by atoms with Gasteiger partial charge in [0.2, 0.25) is 0 Å². The Bertz CT molecular complexity index is 442. The van der Waals surface area contributed by atoms with Crippen LogP contribution in [0.25, 0.3) is 0 Å². The lowest BCUT2D eigenvalue weighted by Crippen LogP contribution is -2.38. The van der Waals surface area contributed by atoms with Crippen LogP contribution in [0.4, 0.5) is 0 Å². The SMILES string of the molecule is CC(C)(C=NCCCCCCN=CC(C)(C)CN(CCO)CCO)CN(CCO)CCO. The molecule has 190 valence electrons. The Kier molecular flexibility index (Phi) is 18.0. The van der Waals surface area contributed by atoms with Gasteiger partial charge in [-0.05, 0) is 12.8 Å². The maximum absolute atomic E-state index is 9.14. The zero-order valence-electron chi connectivity index (χ0n) is 21.0. The Morgan fingerprint density at radius 2 is 0.875 bits per heavy atom. The summed E-state index contributed by atoms with van der Waals surface area (Å²) in [6, 6.07) is 0. The molecular formula is C24H50N4O4. The number of unbranched alkanes of at least 4 members (excludes halogenated alkanes) is 3. The number of aliphatic hydroxyl groups is 4. The molecule has 0 aliphatic carbocycles. The molecule has 0 rings (SSSR count). The van der Waals surface area contributed by atoms with Crippen molar-refractivity contribution in [3.8, 4) is 0 Å². The van der Waals surface area contributed by atoms with Gasteiger partial charge in [-0.2, -0.15) is 0 Å². The molecule has 8 nitrogen and oxygen atoms in total. The maximum Gasteiger partial charge on any atom is 0.0558 e. The van der Waals surface area contributed by atoms with Crippen LogP contribution in [-0.4, -0.2) is 121 Å². The average Bonchev–Trinajstić information content (AvgIpc) is 2.69. The summed E-state index contributed by atoms with van der Waals surface area (Å²) in [5, 5.41) is 36.6. The van der Waals surface area contributed by atoms with Crippen molar-refractivity contribution >= 4 is 12.4 Å². The molecule has 0 aliphatic rings. The first-order valence-electron chi connectivity index (χ1n) is 12.1. The largest absolute Gasteiger partial charge is 0.395 e. The van der Waals surface area contributed by atoms with Crippen LogP contribution < -0.4 is 0 Å². The maximum atomic E-state index is 9.14. The summed E-state index contributed by atoms with van der Waals surface area (Å²) >= 11 is 0. The number of hydrogen-bond donors (Lipinski definition) is 4. The van der Waals surface area contributed by atoms with Gasteiger partial charge in [0.25, 0.3) is 0 Å². The first-order chi connectivity index (χ1) is 15.2. The molecule has 0 saturated heterocycles. The molecule has 0 saturated carbocycles. The third-order valence-corrected chi connectivity index (χ3v) is 5.13. The fraction of sp³-hybridized carbons (Fsp3) is 0.917. The van der Waals surface area contributed by atoms with Gasteiger partial charge in [0.15, 0.2) is 0 Å². The second-order valence-electron chi connectivity index (χ2n) is 9.91. The summed E-state index contributed by atoms with van der Waals surface area (Å²) in [5.41, 5.74) is -0.175.